The maximum Gasteiger partial charge on any atom is -0.00431 e. The zero-order chi connectivity index (χ0) is 11.2. The maximum absolute atomic E-state index is 5.59. The molecule has 88 valence electrons. The van der Waals surface area contributed by atoms with Gasteiger partial charge in [0, 0.05) is 0 Å². The predicted molar refractivity (Wildman–Crippen MR) is 68.7 cm³/mol. The first-order valence-corrected chi connectivity index (χ1v) is 6.40. The van der Waals surface area contributed by atoms with E-state index in [0.29, 0.717) is 0 Å². The van der Waals surface area contributed by atoms with Gasteiger partial charge in [-0.05, 0) is 62.4 Å². The summed E-state index contributed by atoms with van der Waals surface area (Å²) in [7, 11) is 0. The molecule has 1 fully saturated rings. The Labute approximate surface area is 98.2 Å². The summed E-state index contributed by atoms with van der Waals surface area (Å²) in [5.41, 5.74) is 8.68. The minimum atomic E-state index is 0.759. The third-order valence-corrected chi connectivity index (χ3v) is 3.48. The molecular formula is C14H22N2. The number of piperidine rings is 1. The van der Waals surface area contributed by atoms with E-state index in [1.54, 1.807) is 5.56 Å². The monoisotopic (exact) mass is 218 g/mol. The quantitative estimate of drug-likeness (QED) is 0.811. The maximum atomic E-state index is 5.59. The van der Waals surface area contributed by atoms with Crippen LogP contribution < -0.4 is 11.1 Å². The lowest BCUT2D eigenvalue weighted by atomic mass is 9.86. The molecule has 0 atom stereocenters. The van der Waals surface area contributed by atoms with Crippen LogP contribution in [0.4, 0.5) is 0 Å². The first-order valence-electron chi connectivity index (χ1n) is 6.40. The fourth-order valence-corrected chi connectivity index (χ4v) is 2.59. The summed E-state index contributed by atoms with van der Waals surface area (Å²) < 4.78 is 0. The summed E-state index contributed by atoms with van der Waals surface area (Å²) in [6, 6.07) is 8.90. The van der Waals surface area contributed by atoms with Crippen LogP contribution in [0.15, 0.2) is 24.3 Å². The minimum Gasteiger partial charge on any atom is -0.330 e. The predicted octanol–water partition coefficient (Wildman–Crippen LogP) is 2.04. The van der Waals surface area contributed by atoms with Gasteiger partial charge in [-0.2, -0.15) is 0 Å². The molecule has 0 amide bonds. The van der Waals surface area contributed by atoms with Crippen LogP contribution in [-0.4, -0.2) is 19.6 Å². The van der Waals surface area contributed by atoms with Gasteiger partial charge in [-0.3, -0.25) is 0 Å². The Morgan fingerprint density at radius 1 is 1.19 bits per heavy atom. The Morgan fingerprint density at radius 3 is 2.69 bits per heavy atom. The second-order valence-electron chi connectivity index (χ2n) is 4.62. The lowest BCUT2D eigenvalue weighted by Gasteiger charge is -2.25. The average molecular weight is 218 g/mol. The largest absolute Gasteiger partial charge is 0.330 e. The molecule has 0 aliphatic carbocycles. The Bertz CT molecular complexity index is 316. The fraction of sp³-hybridized carbons (Fsp3) is 0.571. The van der Waals surface area contributed by atoms with E-state index in [1.807, 2.05) is 0 Å². The van der Waals surface area contributed by atoms with E-state index < -0.39 is 0 Å². The average Bonchev–Trinajstić information content (AvgIpc) is 2.38. The number of nitrogens with one attached hydrogen (secondary N) is 1. The van der Waals surface area contributed by atoms with Gasteiger partial charge in [-0.1, -0.05) is 24.3 Å². The summed E-state index contributed by atoms with van der Waals surface area (Å²) in [5.74, 6) is 0.759. The first kappa shape index (κ1) is 11.6. The van der Waals surface area contributed by atoms with Gasteiger partial charge in [0.25, 0.3) is 0 Å². The van der Waals surface area contributed by atoms with Crippen molar-refractivity contribution >= 4 is 0 Å². The molecular weight excluding hydrogens is 196 g/mol. The number of hydrogen-bond donors (Lipinski definition) is 2. The summed E-state index contributed by atoms with van der Waals surface area (Å²) >= 11 is 0. The molecule has 16 heavy (non-hydrogen) atoms. The van der Waals surface area contributed by atoms with Crippen molar-refractivity contribution in [2.45, 2.75) is 31.6 Å². The molecule has 0 spiro atoms. The van der Waals surface area contributed by atoms with Crippen LogP contribution in [0, 0.1) is 0 Å². The van der Waals surface area contributed by atoms with Crippen molar-refractivity contribution in [1.29, 1.82) is 0 Å². The Kier molecular flexibility index (Phi) is 4.37. The van der Waals surface area contributed by atoms with Crippen molar-refractivity contribution in [3.8, 4) is 0 Å². The van der Waals surface area contributed by atoms with Crippen LogP contribution in [0.5, 0.6) is 0 Å². The first-order chi connectivity index (χ1) is 7.92. The zero-order valence-corrected chi connectivity index (χ0v) is 9.91. The van der Waals surface area contributed by atoms with Crippen molar-refractivity contribution in [2.75, 3.05) is 19.6 Å². The third kappa shape index (κ3) is 2.83. The van der Waals surface area contributed by atoms with E-state index in [4.69, 9.17) is 5.73 Å². The van der Waals surface area contributed by atoms with Gasteiger partial charge in [0.2, 0.25) is 0 Å². The van der Waals surface area contributed by atoms with Gasteiger partial charge in [0.15, 0.2) is 0 Å². The molecule has 2 heteroatoms. The summed E-state index contributed by atoms with van der Waals surface area (Å²) in [5, 5.41) is 3.43. The molecule has 1 aromatic rings. The second kappa shape index (κ2) is 6.02. The summed E-state index contributed by atoms with van der Waals surface area (Å²) in [4.78, 5) is 0. The standard InChI is InChI=1S/C14H22N2/c15-9-3-5-12-4-1-2-6-14(12)13-7-10-16-11-8-13/h1-2,4,6,13,16H,3,5,7-11,15H2. The van der Waals surface area contributed by atoms with Crippen LogP contribution in [0.2, 0.25) is 0 Å². The molecule has 0 unspecified atom stereocenters. The summed E-state index contributed by atoms with van der Waals surface area (Å²) in [6.07, 6.45) is 4.79. The number of nitrogens with two attached hydrogens (primary N) is 1. The number of benzene rings is 1. The molecule has 2 rings (SSSR count). The third-order valence-electron chi connectivity index (χ3n) is 3.48. The highest BCUT2D eigenvalue weighted by atomic mass is 14.9. The van der Waals surface area contributed by atoms with E-state index in [1.165, 1.54) is 18.4 Å². The second-order valence-corrected chi connectivity index (χ2v) is 4.62. The van der Waals surface area contributed by atoms with Gasteiger partial charge in [-0.25, -0.2) is 0 Å². The number of rotatable bonds is 4. The molecule has 0 bridgehead atoms. The van der Waals surface area contributed by atoms with Crippen molar-refractivity contribution < 1.29 is 0 Å². The van der Waals surface area contributed by atoms with Crippen molar-refractivity contribution in [3.05, 3.63) is 35.4 Å². The molecule has 1 aromatic carbocycles. The Morgan fingerprint density at radius 2 is 1.94 bits per heavy atom. The highest BCUT2D eigenvalue weighted by Crippen LogP contribution is 2.28. The molecule has 0 saturated carbocycles. The Balaban J connectivity index is 2.11. The van der Waals surface area contributed by atoms with E-state index in [0.717, 1.165) is 38.4 Å². The van der Waals surface area contributed by atoms with E-state index in [-0.39, 0.29) is 0 Å². The smallest absolute Gasteiger partial charge is 0.00431 e. The topological polar surface area (TPSA) is 38.0 Å². The highest BCUT2D eigenvalue weighted by Gasteiger charge is 2.17. The number of hydrogen-bond acceptors (Lipinski definition) is 2. The van der Waals surface area contributed by atoms with Crippen LogP contribution in [0.1, 0.15) is 36.3 Å². The van der Waals surface area contributed by atoms with Gasteiger partial charge in [0.05, 0.1) is 0 Å². The summed E-state index contributed by atoms with van der Waals surface area (Å²) in [6.45, 7) is 3.12. The van der Waals surface area contributed by atoms with Gasteiger partial charge >= 0.3 is 0 Å². The zero-order valence-electron chi connectivity index (χ0n) is 9.91. The molecule has 1 aliphatic heterocycles. The fourth-order valence-electron chi connectivity index (χ4n) is 2.59. The molecule has 0 aromatic heterocycles. The molecule has 1 aliphatic rings. The number of aryl methyl sites for hydroxylation is 1. The van der Waals surface area contributed by atoms with Gasteiger partial charge in [0.1, 0.15) is 0 Å². The normalized spacial score (nSPS) is 17.6. The van der Waals surface area contributed by atoms with E-state index >= 15 is 0 Å². The van der Waals surface area contributed by atoms with E-state index in [9.17, 15) is 0 Å². The minimum absolute atomic E-state index is 0.759. The van der Waals surface area contributed by atoms with Crippen LogP contribution in [-0.2, 0) is 6.42 Å². The molecule has 0 radical (unpaired) electrons. The van der Waals surface area contributed by atoms with Crippen LogP contribution in [0.25, 0.3) is 0 Å². The van der Waals surface area contributed by atoms with Gasteiger partial charge < -0.3 is 11.1 Å². The molecule has 1 heterocycles. The van der Waals surface area contributed by atoms with Crippen LogP contribution in [0.3, 0.4) is 0 Å². The lowest BCUT2D eigenvalue weighted by Crippen LogP contribution is -2.27. The van der Waals surface area contributed by atoms with Gasteiger partial charge in [-0.15, -0.1) is 0 Å². The van der Waals surface area contributed by atoms with Crippen molar-refractivity contribution in [2.24, 2.45) is 5.73 Å². The molecule has 1 saturated heterocycles. The lowest BCUT2D eigenvalue weighted by molar-refractivity contribution is 0.458. The molecule has 3 N–H and O–H groups in total. The van der Waals surface area contributed by atoms with Crippen LogP contribution >= 0.6 is 0 Å². The molecule has 2 nitrogen and oxygen atoms in total. The van der Waals surface area contributed by atoms with Crippen molar-refractivity contribution in [1.82, 2.24) is 5.32 Å². The van der Waals surface area contributed by atoms with E-state index in [2.05, 4.69) is 29.6 Å². The highest BCUT2D eigenvalue weighted by molar-refractivity contribution is 5.31. The SMILES string of the molecule is NCCCc1ccccc1C1CCNCC1. The van der Waals surface area contributed by atoms with Crippen molar-refractivity contribution in [3.63, 3.8) is 0 Å². The Hall–Kier alpha value is -0.860.